The molecule has 1 fully saturated rings. The third-order valence-electron chi connectivity index (χ3n) is 3.04. The van der Waals surface area contributed by atoms with Crippen LogP contribution < -0.4 is 10.2 Å². The summed E-state index contributed by atoms with van der Waals surface area (Å²) in [6.07, 6.45) is 8.46. The van der Waals surface area contributed by atoms with Gasteiger partial charge in [0.25, 0.3) is 0 Å². The molecular formula is C12H20N4. The van der Waals surface area contributed by atoms with E-state index in [9.17, 15) is 0 Å². The molecule has 0 saturated carbocycles. The fourth-order valence-electron chi connectivity index (χ4n) is 2.12. The van der Waals surface area contributed by atoms with Gasteiger partial charge in [0.1, 0.15) is 5.82 Å². The molecule has 2 heterocycles. The Bertz CT molecular complexity index is 319. The van der Waals surface area contributed by atoms with Crippen molar-refractivity contribution >= 4 is 11.8 Å². The van der Waals surface area contributed by atoms with Crippen LogP contribution in [0.2, 0.25) is 0 Å². The molecule has 1 saturated heterocycles. The molecule has 0 aromatic carbocycles. The normalized spacial score (nSPS) is 17.7. The Kier molecular flexibility index (Phi) is 3.97. The number of anilines is 2. The number of hydrogen-bond acceptors (Lipinski definition) is 4. The Balaban J connectivity index is 2.07. The molecule has 0 atom stereocenters. The van der Waals surface area contributed by atoms with Crippen molar-refractivity contribution in [2.24, 2.45) is 0 Å². The molecule has 2 rings (SSSR count). The highest BCUT2D eigenvalue weighted by Crippen LogP contribution is 2.17. The average molecular weight is 220 g/mol. The molecule has 1 N–H and O–H groups in total. The van der Waals surface area contributed by atoms with Crippen LogP contribution in [0, 0.1) is 0 Å². The van der Waals surface area contributed by atoms with Gasteiger partial charge >= 0.3 is 0 Å². The van der Waals surface area contributed by atoms with Crippen LogP contribution in [0.15, 0.2) is 12.3 Å². The molecule has 4 heteroatoms. The Morgan fingerprint density at radius 2 is 1.81 bits per heavy atom. The number of nitrogens with zero attached hydrogens (tertiary/aromatic N) is 3. The molecule has 1 aromatic rings. The Labute approximate surface area is 97.1 Å². The second-order valence-electron chi connectivity index (χ2n) is 4.24. The number of hydrogen-bond donors (Lipinski definition) is 1. The second-order valence-corrected chi connectivity index (χ2v) is 4.24. The van der Waals surface area contributed by atoms with E-state index in [-0.39, 0.29) is 0 Å². The number of nitrogens with one attached hydrogen (secondary N) is 1. The first-order chi connectivity index (χ1) is 7.90. The van der Waals surface area contributed by atoms with Gasteiger partial charge in [-0.25, -0.2) is 4.98 Å². The quantitative estimate of drug-likeness (QED) is 0.830. The van der Waals surface area contributed by atoms with E-state index in [1.807, 2.05) is 19.3 Å². The van der Waals surface area contributed by atoms with Crippen LogP contribution in [0.3, 0.4) is 0 Å². The van der Waals surface area contributed by atoms with Gasteiger partial charge in [-0.05, 0) is 18.9 Å². The fraction of sp³-hybridized carbons (Fsp3) is 0.667. The zero-order chi connectivity index (χ0) is 11.2. The molecular weight excluding hydrogens is 200 g/mol. The monoisotopic (exact) mass is 220 g/mol. The first-order valence-corrected chi connectivity index (χ1v) is 6.16. The molecule has 0 unspecified atom stereocenters. The zero-order valence-electron chi connectivity index (χ0n) is 9.95. The van der Waals surface area contributed by atoms with E-state index in [2.05, 4.69) is 20.2 Å². The first-order valence-electron chi connectivity index (χ1n) is 6.16. The molecule has 1 aliphatic rings. The minimum absolute atomic E-state index is 0.708. The molecule has 0 radical (unpaired) electrons. The van der Waals surface area contributed by atoms with E-state index in [1.165, 1.54) is 32.1 Å². The van der Waals surface area contributed by atoms with Crippen LogP contribution in [0.25, 0.3) is 0 Å². The van der Waals surface area contributed by atoms with Gasteiger partial charge in [0.05, 0.1) is 0 Å². The topological polar surface area (TPSA) is 41.1 Å². The maximum absolute atomic E-state index is 4.49. The van der Waals surface area contributed by atoms with Crippen molar-refractivity contribution in [2.75, 3.05) is 30.4 Å². The summed E-state index contributed by atoms with van der Waals surface area (Å²) in [5.41, 5.74) is 0. The summed E-state index contributed by atoms with van der Waals surface area (Å²) in [7, 11) is 1.85. The molecule has 1 aliphatic heterocycles. The predicted molar refractivity (Wildman–Crippen MR) is 66.9 cm³/mol. The van der Waals surface area contributed by atoms with Gasteiger partial charge in [-0.2, -0.15) is 4.98 Å². The van der Waals surface area contributed by atoms with Crippen molar-refractivity contribution in [1.82, 2.24) is 9.97 Å². The molecule has 0 amide bonds. The molecule has 4 nitrogen and oxygen atoms in total. The summed E-state index contributed by atoms with van der Waals surface area (Å²) < 4.78 is 0. The highest BCUT2D eigenvalue weighted by Gasteiger charge is 2.10. The van der Waals surface area contributed by atoms with E-state index in [0.29, 0.717) is 5.95 Å². The second kappa shape index (κ2) is 5.68. The van der Waals surface area contributed by atoms with Crippen molar-refractivity contribution in [2.45, 2.75) is 32.1 Å². The maximum Gasteiger partial charge on any atom is 0.224 e. The lowest BCUT2D eigenvalue weighted by atomic mass is 10.1. The summed E-state index contributed by atoms with van der Waals surface area (Å²) in [5.74, 6) is 1.76. The van der Waals surface area contributed by atoms with Crippen molar-refractivity contribution in [3.63, 3.8) is 0 Å². The smallest absolute Gasteiger partial charge is 0.224 e. The SMILES string of the molecule is CNc1nccc(N2CCCCCCC2)n1. The third-order valence-corrected chi connectivity index (χ3v) is 3.04. The lowest BCUT2D eigenvalue weighted by Crippen LogP contribution is -2.28. The van der Waals surface area contributed by atoms with Crippen LogP contribution in [0.4, 0.5) is 11.8 Å². The summed E-state index contributed by atoms with van der Waals surface area (Å²) in [6, 6.07) is 2.00. The van der Waals surface area contributed by atoms with E-state index >= 15 is 0 Å². The van der Waals surface area contributed by atoms with Gasteiger partial charge in [-0.15, -0.1) is 0 Å². The lowest BCUT2D eigenvalue weighted by molar-refractivity contribution is 0.553. The Hall–Kier alpha value is -1.32. The highest BCUT2D eigenvalue weighted by atomic mass is 15.2. The van der Waals surface area contributed by atoms with Gasteiger partial charge in [-0.3, -0.25) is 0 Å². The van der Waals surface area contributed by atoms with Crippen LogP contribution in [0.1, 0.15) is 32.1 Å². The van der Waals surface area contributed by atoms with E-state index in [4.69, 9.17) is 0 Å². The van der Waals surface area contributed by atoms with E-state index in [1.54, 1.807) is 0 Å². The lowest BCUT2D eigenvalue weighted by Gasteiger charge is -2.25. The van der Waals surface area contributed by atoms with Gasteiger partial charge in [0, 0.05) is 26.3 Å². The standard InChI is InChI=1S/C12H20N4/c1-13-12-14-8-7-11(15-12)16-9-5-3-2-4-6-10-16/h7-8H,2-6,9-10H2,1H3,(H,13,14,15). The van der Waals surface area contributed by atoms with E-state index < -0.39 is 0 Å². The van der Waals surface area contributed by atoms with Gasteiger partial charge in [0.15, 0.2) is 0 Å². The van der Waals surface area contributed by atoms with Gasteiger partial charge in [-0.1, -0.05) is 19.3 Å². The van der Waals surface area contributed by atoms with Crippen LogP contribution >= 0.6 is 0 Å². The van der Waals surface area contributed by atoms with Crippen LogP contribution in [0.5, 0.6) is 0 Å². The highest BCUT2D eigenvalue weighted by molar-refractivity contribution is 5.42. The predicted octanol–water partition coefficient (Wildman–Crippen LogP) is 2.29. The summed E-state index contributed by atoms with van der Waals surface area (Å²) in [5, 5.41) is 2.99. The summed E-state index contributed by atoms with van der Waals surface area (Å²) in [4.78, 5) is 11.0. The summed E-state index contributed by atoms with van der Waals surface area (Å²) in [6.45, 7) is 2.25. The van der Waals surface area contributed by atoms with Crippen LogP contribution in [-0.4, -0.2) is 30.1 Å². The molecule has 0 bridgehead atoms. The van der Waals surface area contributed by atoms with Crippen molar-refractivity contribution in [3.05, 3.63) is 12.3 Å². The molecule has 0 spiro atoms. The largest absolute Gasteiger partial charge is 0.357 e. The number of aromatic nitrogens is 2. The van der Waals surface area contributed by atoms with Crippen molar-refractivity contribution in [3.8, 4) is 0 Å². The molecule has 88 valence electrons. The maximum atomic E-state index is 4.49. The summed E-state index contributed by atoms with van der Waals surface area (Å²) >= 11 is 0. The minimum atomic E-state index is 0.708. The van der Waals surface area contributed by atoms with Gasteiger partial charge in [0.2, 0.25) is 5.95 Å². The van der Waals surface area contributed by atoms with Gasteiger partial charge < -0.3 is 10.2 Å². The average Bonchev–Trinajstić information content (AvgIpc) is 2.29. The Morgan fingerprint density at radius 1 is 1.12 bits per heavy atom. The minimum Gasteiger partial charge on any atom is -0.357 e. The molecule has 0 aliphatic carbocycles. The fourth-order valence-corrected chi connectivity index (χ4v) is 2.12. The Morgan fingerprint density at radius 3 is 2.50 bits per heavy atom. The first kappa shape index (κ1) is 11.2. The zero-order valence-corrected chi connectivity index (χ0v) is 9.95. The van der Waals surface area contributed by atoms with Crippen molar-refractivity contribution in [1.29, 1.82) is 0 Å². The van der Waals surface area contributed by atoms with E-state index in [0.717, 1.165) is 18.9 Å². The molecule has 16 heavy (non-hydrogen) atoms. The third kappa shape index (κ3) is 2.84. The van der Waals surface area contributed by atoms with Crippen LogP contribution in [-0.2, 0) is 0 Å². The van der Waals surface area contributed by atoms with Crippen molar-refractivity contribution < 1.29 is 0 Å². The molecule has 1 aromatic heterocycles. The number of rotatable bonds is 2.